The molecule has 0 saturated heterocycles. The van der Waals surface area contributed by atoms with E-state index < -0.39 is 5.82 Å². The highest BCUT2D eigenvalue weighted by molar-refractivity contribution is 7.71. The molecule has 0 spiro atoms. The fraction of sp³-hybridized carbons (Fsp3) is 0.0769. The number of H-pyrrole nitrogens is 1. The zero-order chi connectivity index (χ0) is 13.4. The Hall–Kier alpha value is -1.72. The first-order valence-corrected chi connectivity index (χ1v) is 6.41. The van der Waals surface area contributed by atoms with Gasteiger partial charge in [-0.2, -0.15) is 0 Å². The van der Waals surface area contributed by atoms with Gasteiger partial charge in [0.2, 0.25) is 0 Å². The Labute approximate surface area is 118 Å². The van der Waals surface area contributed by atoms with Crippen molar-refractivity contribution in [1.29, 1.82) is 0 Å². The molecular weight excluding hydrogens is 285 g/mol. The van der Waals surface area contributed by atoms with Crippen molar-refractivity contribution in [2.45, 2.75) is 6.54 Å². The smallest absolute Gasteiger partial charge is 0.178 e. The number of pyridine rings is 1. The van der Waals surface area contributed by atoms with E-state index in [1.165, 1.54) is 6.07 Å². The molecule has 0 radical (unpaired) electrons. The minimum Gasteiger partial charge on any atom is -0.330 e. The highest BCUT2D eigenvalue weighted by Crippen LogP contribution is 2.23. The topological polar surface area (TPSA) is 33.6 Å². The van der Waals surface area contributed by atoms with E-state index in [0.717, 1.165) is 11.2 Å². The Morgan fingerprint density at radius 3 is 2.95 bits per heavy atom. The molecule has 0 aliphatic rings. The molecule has 0 amide bonds. The molecule has 6 heteroatoms. The Morgan fingerprint density at radius 2 is 2.21 bits per heavy atom. The van der Waals surface area contributed by atoms with Crippen molar-refractivity contribution in [3.63, 3.8) is 0 Å². The molecule has 1 N–H and O–H groups in total. The van der Waals surface area contributed by atoms with Crippen LogP contribution in [0.25, 0.3) is 11.0 Å². The third-order valence-electron chi connectivity index (χ3n) is 2.86. The second kappa shape index (κ2) is 4.75. The standard InChI is InChI=1S/C13H9ClFN3S/c14-9-5-12-11(6-10(9)15)17-13(19)18(12)7-8-3-1-2-4-16-8/h1-6H,7H2,(H,17,19). The van der Waals surface area contributed by atoms with Crippen LogP contribution in [0.2, 0.25) is 5.02 Å². The van der Waals surface area contributed by atoms with Crippen molar-refractivity contribution in [3.8, 4) is 0 Å². The lowest BCUT2D eigenvalue weighted by Gasteiger charge is -2.04. The number of hydrogen-bond donors (Lipinski definition) is 1. The highest BCUT2D eigenvalue weighted by Gasteiger charge is 2.09. The van der Waals surface area contributed by atoms with Crippen molar-refractivity contribution in [3.05, 3.63) is 57.8 Å². The van der Waals surface area contributed by atoms with Gasteiger partial charge in [-0.25, -0.2) is 4.39 Å². The number of fused-ring (bicyclic) bond motifs is 1. The van der Waals surface area contributed by atoms with Gasteiger partial charge in [-0.1, -0.05) is 17.7 Å². The largest absolute Gasteiger partial charge is 0.330 e. The van der Waals surface area contributed by atoms with Gasteiger partial charge in [-0.05, 0) is 30.4 Å². The molecule has 19 heavy (non-hydrogen) atoms. The lowest BCUT2D eigenvalue weighted by Crippen LogP contribution is -2.01. The fourth-order valence-corrected chi connectivity index (χ4v) is 2.39. The summed E-state index contributed by atoms with van der Waals surface area (Å²) >= 11 is 11.1. The number of halogens is 2. The molecule has 2 aromatic heterocycles. The molecule has 2 heterocycles. The van der Waals surface area contributed by atoms with Gasteiger partial charge in [0.25, 0.3) is 0 Å². The molecule has 3 aromatic rings. The van der Waals surface area contributed by atoms with Gasteiger partial charge in [0.05, 0.1) is 28.3 Å². The van der Waals surface area contributed by atoms with Crippen LogP contribution in [0.15, 0.2) is 36.5 Å². The molecule has 0 saturated carbocycles. The summed E-state index contributed by atoms with van der Waals surface area (Å²) in [6, 6.07) is 8.59. The van der Waals surface area contributed by atoms with Crippen LogP contribution in [0, 0.1) is 10.6 Å². The van der Waals surface area contributed by atoms with Crippen LogP contribution >= 0.6 is 23.8 Å². The second-order valence-electron chi connectivity index (χ2n) is 4.12. The van der Waals surface area contributed by atoms with E-state index in [4.69, 9.17) is 23.8 Å². The third-order valence-corrected chi connectivity index (χ3v) is 3.47. The second-order valence-corrected chi connectivity index (χ2v) is 4.91. The minimum absolute atomic E-state index is 0.0799. The van der Waals surface area contributed by atoms with E-state index in [-0.39, 0.29) is 5.02 Å². The van der Waals surface area contributed by atoms with E-state index in [2.05, 4.69) is 9.97 Å². The number of aromatic amines is 1. The summed E-state index contributed by atoms with van der Waals surface area (Å²) in [7, 11) is 0. The molecule has 0 fully saturated rings. The van der Waals surface area contributed by atoms with Gasteiger partial charge in [-0.15, -0.1) is 0 Å². The highest BCUT2D eigenvalue weighted by atomic mass is 35.5. The van der Waals surface area contributed by atoms with E-state index >= 15 is 0 Å². The third kappa shape index (κ3) is 2.27. The van der Waals surface area contributed by atoms with Crippen LogP contribution < -0.4 is 0 Å². The first-order valence-electron chi connectivity index (χ1n) is 5.62. The summed E-state index contributed by atoms with van der Waals surface area (Å²) in [6.45, 7) is 0.516. The molecule has 3 nitrogen and oxygen atoms in total. The number of imidazole rings is 1. The summed E-state index contributed by atoms with van der Waals surface area (Å²) in [5.41, 5.74) is 2.27. The van der Waals surface area contributed by atoms with Crippen LogP contribution in [0.4, 0.5) is 4.39 Å². The van der Waals surface area contributed by atoms with E-state index in [1.807, 2.05) is 22.8 Å². The van der Waals surface area contributed by atoms with Crippen molar-refractivity contribution in [1.82, 2.24) is 14.5 Å². The zero-order valence-corrected chi connectivity index (χ0v) is 11.3. The van der Waals surface area contributed by atoms with Gasteiger partial charge in [0, 0.05) is 12.3 Å². The van der Waals surface area contributed by atoms with Crippen molar-refractivity contribution in [2.75, 3.05) is 0 Å². The zero-order valence-electron chi connectivity index (χ0n) is 9.73. The molecule has 0 aliphatic carbocycles. The fourth-order valence-electron chi connectivity index (χ4n) is 1.96. The molecule has 96 valence electrons. The van der Waals surface area contributed by atoms with E-state index in [0.29, 0.717) is 16.8 Å². The predicted octanol–water partition coefficient (Wildman–Crippen LogP) is 3.93. The number of hydrogen-bond acceptors (Lipinski definition) is 2. The molecule has 0 bridgehead atoms. The van der Waals surface area contributed by atoms with Crippen LogP contribution in [-0.2, 0) is 6.54 Å². The number of benzene rings is 1. The molecule has 3 rings (SSSR count). The summed E-state index contributed by atoms with van der Waals surface area (Å²) in [5, 5.41) is 0.0799. The molecule has 0 unspecified atom stereocenters. The van der Waals surface area contributed by atoms with Crippen molar-refractivity contribution >= 4 is 34.9 Å². The van der Waals surface area contributed by atoms with Crippen molar-refractivity contribution in [2.24, 2.45) is 0 Å². The minimum atomic E-state index is -0.463. The molecule has 0 aliphatic heterocycles. The quantitative estimate of drug-likeness (QED) is 0.726. The summed E-state index contributed by atoms with van der Waals surface area (Å²) in [6.07, 6.45) is 1.72. The first kappa shape index (κ1) is 12.3. The maximum Gasteiger partial charge on any atom is 0.178 e. The Morgan fingerprint density at radius 1 is 1.37 bits per heavy atom. The normalized spacial score (nSPS) is 11.1. The number of rotatable bonds is 2. The van der Waals surface area contributed by atoms with E-state index in [1.54, 1.807) is 12.3 Å². The Bertz CT molecular complexity index is 795. The lowest BCUT2D eigenvalue weighted by atomic mass is 10.3. The molecular formula is C13H9ClFN3S. The van der Waals surface area contributed by atoms with Crippen LogP contribution in [-0.4, -0.2) is 14.5 Å². The van der Waals surface area contributed by atoms with Gasteiger partial charge < -0.3 is 9.55 Å². The van der Waals surface area contributed by atoms with Crippen LogP contribution in [0.1, 0.15) is 5.69 Å². The molecule has 1 aromatic carbocycles. The SMILES string of the molecule is Fc1cc2[nH]c(=S)n(Cc3ccccn3)c2cc1Cl. The number of nitrogens with zero attached hydrogens (tertiary/aromatic N) is 2. The first-order chi connectivity index (χ1) is 9.15. The van der Waals surface area contributed by atoms with Gasteiger partial charge >= 0.3 is 0 Å². The average Bonchev–Trinajstić information content (AvgIpc) is 2.68. The van der Waals surface area contributed by atoms with Gasteiger partial charge in [0.15, 0.2) is 4.77 Å². The van der Waals surface area contributed by atoms with E-state index in [9.17, 15) is 4.39 Å². The van der Waals surface area contributed by atoms with Crippen LogP contribution in [0.5, 0.6) is 0 Å². The Balaban J connectivity index is 2.16. The summed E-state index contributed by atoms with van der Waals surface area (Å²) < 4.78 is 15.8. The number of nitrogens with one attached hydrogen (secondary N) is 1. The lowest BCUT2D eigenvalue weighted by molar-refractivity contribution is 0.629. The molecule has 0 atom stereocenters. The summed E-state index contributed by atoms with van der Waals surface area (Å²) in [5.74, 6) is -0.463. The van der Waals surface area contributed by atoms with Gasteiger partial charge in [-0.3, -0.25) is 4.98 Å². The van der Waals surface area contributed by atoms with Gasteiger partial charge in [0.1, 0.15) is 5.82 Å². The average molecular weight is 294 g/mol. The maximum absolute atomic E-state index is 13.4. The predicted molar refractivity (Wildman–Crippen MR) is 75.4 cm³/mol. The number of aromatic nitrogens is 3. The van der Waals surface area contributed by atoms with Crippen molar-refractivity contribution < 1.29 is 4.39 Å². The maximum atomic E-state index is 13.4. The Kier molecular flexibility index (Phi) is 3.08. The summed E-state index contributed by atoms with van der Waals surface area (Å²) in [4.78, 5) is 7.22. The monoisotopic (exact) mass is 293 g/mol. The van der Waals surface area contributed by atoms with Crippen LogP contribution in [0.3, 0.4) is 0 Å².